The predicted octanol–water partition coefficient (Wildman–Crippen LogP) is 1.70. The highest BCUT2D eigenvalue weighted by Crippen LogP contribution is 2.13. The molecule has 0 atom stereocenters. The number of rotatable bonds is 3. The van der Waals surface area contributed by atoms with Crippen LogP contribution in [0.15, 0.2) is 42.6 Å². The van der Waals surface area contributed by atoms with Gasteiger partial charge in [0.2, 0.25) is 0 Å². The summed E-state index contributed by atoms with van der Waals surface area (Å²) >= 11 is 0. The van der Waals surface area contributed by atoms with E-state index in [9.17, 15) is 9.59 Å². The minimum Gasteiger partial charge on any atom is -0.465 e. The van der Waals surface area contributed by atoms with Crippen molar-refractivity contribution in [3.05, 3.63) is 53.9 Å². The van der Waals surface area contributed by atoms with Crippen LogP contribution in [0.5, 0.6) is 0 Å². The maximum atomic E-state index is 11.9. The topological polar surface area (TPSA) is 94.3 Å². The van der Waals surface area contributed by atoms with Crippen molar-refractivity contribution >= 4 is 23.3 Å². The Morgan fingerprint density at radius 2 is 2.05 bits per heavy atom. The van der Waals surface area contributed by atoms with Gasteiger partial charge in [-0.25, -0.2) is 9.78 Å². The Hall–Kier alpha value is -2.89. The van der Waals surface area contributed by atoms with E-state index in [1.54, 1.807) is 24.3 Å². The first-order valence-electron chi connectivity index (χ1n) is 5.81. The highest BCUT2D eigenvalue weighted by molar-refractivity contribution is 6.03. The van der Waals surface area contributed by atoms with Crippen molar-refractivity contribution in [2.45, 2.75) is 0 Å². The number of carbonyl (C=O) groups is 2. The molecule has 2 aromatic rings. The van der Waals surface area contributed by atoms with Crippen LogP contribution in [0.1, 0.15) is 20.8 Å². The standard InChI is InChI=1S/C14H13N3O3/c1-20-14(19)9-3-2-4-11(7-9)17-13(18)12-6-5-10(15)8-16-12/h2-8H,15H2,1H3,(H,17,18). The van der Waals surface area contributed by atoms with Crippen molar-refractivity contribution in [3.8, 4) is 0 Å². The lowest BCUT2D eigenvalue weighted by Crippen LogP contribution is -2.14. The number of methoxy groups -OCH3 is 1. The molecule has 0 fully saturated rings. The van der Waals surface area contributed by atoms with Crippen molar-refractivity contribution in [2.24, 2.45) is 0 Å². The fraction of sp³-hybridized carbons (Fsp3) is 0.0714. The van der Waals surface area contributed by atoms with Crippen LogP contribution in [0.25, 0.3) is 0 Å². The van der Waals surface area contributed by atoms with Gasteiger partial charge in [0.25, 0.3) is 5.91 Å². The van der Waals surface area contributed by atoms with E-state index in [4.69, 9.17) is 5.73 Å². The molecule has 0 bridgehead atoms. The molecule has 20 heavy (non-hydrogen) atoms. The zero-order chi connectivity index (χ0) is 14.5. The third-order valence-electron chi connectivity index (χ3n) is 2.56. The second-order valence-electron chi connectivity index (χ2n) is 4.00. The van der Waals surface area contributed by atoms with Gasteiger partial charge in [-0.3, -0.25) is 4.79 Å². The Labute approximate surface area is 115 Å². The molecule has 1 heterocycles. The van der Waals surface area contributed by atoms with Gasteiger partial charge < -0.3 is 15.8 Å². The molecule has 1 aromatic carbocycles. The minimum absolute atomic E-state index is 0.239. The number of ether oxygens (including phenoxy) is 1. The monoisotopic (exact) mass is 271 g/mol. The average molecular weight is 271 g/mol. The van der Waals surface area contributed by atoms with E-state index in [0.717, 1.165) is 0 Å². The lowest BCUT2D eigenvalue weighted by atomic mass is 10.2. The molecular weight excluding hydrogens is 258 g/mol. The van der Waals surface area contributed by atoms with Crippen molar-refractivity contribution in [3.63, 3.8) is 0 Å². The molecule has 6 nitrogen and oxygen atoms in total. The van der Waals surface area contributed by atoms with Crippen molar-refractivity contribution in [1.82, 2.24) is 4.98 Å². The van der Waals surface area contributed by atoms with E-state index >= 15 is 0 Å². The van der Waals surface area contributed by atoms with Crippen LogP contribution in [0.4, 0.5) is 11.4 Å². The third-order valence-corrected chi connectivity index (χ3v) is 2.56. The summed E-state index contributed by atoms with van der Waals surface area (Å²) in [5.41, 5.74) is 7.06. The lowest BCUT2D eigenvalue weighted by molar-refractivity contribution is 0.0600. The highest BCUT2D eigenvalue weighted by Gasteiger charge is 2.10. The Bertz CT molecular complexity index is 638. The SMILES string of the molecule is COC(=O)c1cccc(NC(=O)c2ccc(N)cn2)c1. The summed E-state index contributed by atoms with van der Waals surface area (Å²) in [7, 11) is 1.30. The fourth-order valence-corrected chi connectivity index (χ4v) is 1.58. The van der Waals surface area contributed by atoms with Gasteiger partial charge >= 0.3 is 5.97 Å². The molecule has 0 aliphatic carbocycles. The summed E-state index contributed by atoms with van der Waals surface area (Å²) in [6.45, 7) is 0. The number of amides is 1. The van der Waals surface area contributed by atoms with Crippen LogP contribution in [0.3, 0.4) is 0 Å². The maximum absolute atomic E-state index is 11.9. The van der Waals surface area contributed by atoms with Gasteiger partial charge in [0.1, 0.15) is 5.69 Å². The predicted molar refractivity (Wildman–Crippen MR) is 74.4 cm³/mol. The molecule has 0 saturated heterocycles. The molecule has 6 heteroatoms. The van der Waals surface area contributed by atoms with E-state index in [-0.39, 0.29) is 11.6 Å². The van der Waals surface area contributed by atoms with E-state index in [1.165, 1.54) is 25.4 Å². The number of aromatic nitrogens is 1. The molecule has 0 unspecified atom stereocenters. The second kappa shape index (κ2) is 5.83. The molecule has 2 rings (SSSR count). The molecule has 0 spiro atoms. The Balaban J connectivity index is 2.15. The summed E-state index contributed by atoms with van der Waals surface area (Å²) in [6.07, 6.45) is 1.40. The summed E-state index contributed by atoms with van der Waals surface area (Å²) in [5.74, 6) is -0.848. The van der Waals surface area contributed by atoms with Crippen molar-refractivity contribution in [1.29, 1.82) is 0 Å². The quantitative estimate of drug-likeness (QED) is 0.828. The molecule has 1 amide bonds. The van der Waals surface area contributed by atoms with Gasteiger partial charge in [0, 0.05) is 5.69 Å². The first-order chi connectivity index (χ1) is 9.60. The number of esters is 1. The summed E-state index contributed by atoms with van der Waals surface area (Å²) in [5, 5.41) is 2.65. The fourth-order valence-electron chi connectivity index (χ4n) is 1.58. The van der Waals surface area contributed by atoms with Gasteiger partial charge in [-0.1, -0.05) is 6.07 Å². The van der Waals surface area contributed by atoms with Gasteiger partial charge in [0.05, 0.1) is 24.6 Å². The zero-order valence-corrected chi connectivity index (χ0v) is 10.8. The summed E-state index contributed by atoms with van der Waals surface area (Å²) in [4.78, 5) is 27.3. The molecule has 3 N–H and O–H groups in total. The first-order valence-corrected chi connectivity index (χ1v) is 5.81. The number of carbonyl (C=O) groups excluding carboxylic acids is 2. The molecule has 0 radical (unpaired) electrons. The third kappa shape index (κ3) is 3.11. The molecular formula is C14H13N3O3. The van der Waals surface area contributed by atoms with Crippen LogP contribution in [-0.4, -0.2) is 24.0 Å². The molecule has 102 valence electrons. The molecule has 0 saturated carbocycles. The number of hydrogen-bond donors (Lipinski definition) is 2. The molecule has 1 aromatic heterocycles. The largest absolute Gasteiger partial charge is 0.465 e. The van der Waals surface area contributed by atoms with E-state index in [1.807, 2.05) is 0 Å². The number of nitrogens with two attached hydrogens (primary N) is 1. The van der Waals surface area contributed by atoms with Crippen LogP contribution >= 0.6 is 0 Å². The van der Waals surface area contributed by atoms with Crippen molar-refractivity contribution in [2.75, 3.05) is 18.2 Å². The number of hydrogen-bond acceptors (Lipinski definition) is 5. The number of nitrogen functional groups attached to an aromatic ring is 1. The van der Waals surface area contributed by atoms with E-state index in [0.29, 0.717) is 16.9 Å². The minimum atomic E-state index is -0.466. The van der Waals surface area contributed by atoms with Crippen LogP contribution in [-0.2, 0) is 4.74 Å². The summed E-state index contributed by atoms with van der Waals surface area (Å²) < 4.78 is 4.62. The molecule has 0 aliphatic rings. The average Bonchev–Trinajstić information content (AvgIpc) is 2.47. The van der Waals surface area contributed by atoms with Crippen LogP contribution in [0, 0.1) is 0 Å². The van der Waals surface area contributed by atoms with E-state index < -0.39 is 5.97 Å². The Morgan fingerprint density at radius 1 is 1.25 bits per heavy atom. The lowest BCUT2D eigenvalue weighted by Gasteiger charge is -2.06. The molecule has 0 aliphatic heterocycles. The maximum Gasteiger partial charge on any atom is 0.337 e. The zero-order valence-electron chi connectivity index (χ0n) is 10.8. The van der Waals surface area contributed by atoms with Crippen LogP contribution in [0.2, 0.25) is 0 Å². The Morgan fingerprint density at radius 3 is 2.70 bits per heavy atom. The van der Waals surface area contributed by atoms with Gasteiger partial charge in [-0.15, -0.1) is 0 Å². The van der Waals surface area contributed by atoms with Gasteiger partial charge in [-0.05, 0) is 30.3 Å². The van der Waals surface area contributed by atoms with Gasteiger partial charge in [-0.2, -0.15) is 0 Å². The number of pyridine rings is 1. The van der Waals surface area contributed by atoms with Gasteiger partial charge in [0.15, 0.2) is 0 Å². The number of anilines is 2. The highest BCUT2D eigenvalue weighted by atomic mass is 16.5. The number of benzene rings is 1. The van der Waals surface area contributed by atoms with Crippen LogP contribution < -0.4 is 11.1 Å². The smallest absolute Gasteiger partial charge is 0.337 e. The van der Waals surface area contributed by atoms with E-state index in [2.05, 4.69) is 15.0 Å². The van der Waals surface area contributed by atoms with Crippen molar-refractivity contribution < 1.29 is 14.3 Å². The number of nitrogens with zero attached hydrogens (tertiary/aromatic N) is 1. The normalized spacial score (nSPS) is 9.85. The Kier molecular flexibility index (Phi) is 3.95. The summed E-state index contributed by atoms with van der Waals surface area (Å²) in [6, 6.07) is 9.56. The first kappa shape index (κ1) is 13.5. The second-order valence-corrected chi connectivity index (χ2v) is 4.00. The number of nitrogens with one attached hydrogen (secondary N) is 1.